The van der Waals surface area contributed by atoms with Crippen LogP contribution in [0.25, 0.3) is 0 Å². The van der Waals surface area contributed by atoms with Crippen LogP contribution in [0.4, 0.5) is 0 Å². The molecule has 0 aromatic heterocycles. The molecule has 1 aliphatic rings. The quantitative estimate of drug-likeness (QED) is 0.326. The molecule has 1 saturated heterocycles. The molecule has 2 N–H and O–H groups in total. The zero-order valence-corrected chi connectivity index (χ0v) is 16.0. The van der Waals surface area contributed by atoms with Crippen molar-refractivity contribution in [1.82, 2.24) is 0 Å². The fraction of sp³-hybridized carbons (Fsp3) is 0.882. The summed E-state index contributed by atoms with van der Waals surface area (Å²) < 4.78 is 31.4. The summed E-state index contributed by atoms with van der Waals surface area (Å²) >= 11 is 0. The van der Waals surface area contributed by atoms with E-state index in [1.165, 1.54) is 6.92 Å². The highest BCUT2D eigenvalue weighted by Crippen LogP contribution is 2.25. The highest BCUT2D eigenvalue weighted by molar-refractivity contribution is 5.66. The molecule has 1 rings (SSSR count). The highest BCUT2D eigenvalue weighted by atomic mass is 16.7. The number of hydrogen-bond donors (Lipinski definition) is 2. The maximum atomic E-state index is 11.2. The summed E-state index contributed by atoms with van der Waals surface area (Å²) in [7, 11) is 0. The first-order chi connectivity index (χ1) is 12.9. The van der Waals surface area contributed by atoms with Gasteiger partial charge < -0.3 is 38.6 Å². The predicted octanol–water partition coefficient (Wildman–Crippen LogP) is -0.612. The van der Waals surface area contributed by atoms with E-state index in [1.807, 2.05) is 6.92 Å². The summed E-state index contributed by atoms with van der Waals surface area (Å²) in [6.07, 6.45) is -5.33. The Hall–Kier alpha value is -1.30. The van der Waals surface area contributed by atoms with Gasteiger partial charge in [-0.3, -0.25) is 9.59 Å². The summed E-state index contributed by atoms with van der Waals surface area (Å²) in [6.45, 7) is 6.01. The molecule has 0 radical (unpaired) electrons. The van der Waals surface area contributed by atoms with Crippen molar-refractivity contribution in [3.05, 3.63) is 0 Å². The van der Waals surface area contributed by atoms with E-state index in [0.29, 0.717) is 19.8 Å². The van der Waals surface area contributed by atoms with Crippen LogP contribution in [0.15, 0.2) is 0 Å². The van der Waals surface area contributed by atoms with Crippen LogP contribution in [0.5, 0.6) is 0 Å². The van der Waals surface area contributed by atoms with Crippen molar-refractivity contribution in [2.24, 2.45) is 0 Å². The van der Waals surface area contributed by atoms with Crippen LogP contribution in [0.2, 0.25) is 0 Å². The van der Waals surface area contributed by atoms with Crippen molar-refractivity contribution in [3.63, 3.8) is 0 Å². The number of aliphatic hydroxyl groups excluding tert-OH is 2. The maximum Gasteiger partial charge on any atom is 0.303 e. The first kappa shape index (κ1) is 23.7. The number of hydrogen-bond acceptors (Lipinski definition) is 10. The highest BCUT2D eigenvalue weighted by Gasteiger charge is 2.47. The zero-order valence-electron chi connectivity index (χ0n) is 16.0. The monoisotopic (exact) mass is 394 g/mol. The molecule has 0 aromatic carbocycles. The minimum atomic E-state index is -1.46. The van der Waals surface area contributed by atoms with Gasteiger partial charge in [-0.05, 0) is 6.42 Å². The average Bonchev–Trinajstić information content (AvgIpc) is 2.61. The Balaban J connectivity index is 2.47. The van der Waals surface area contributed by atoms with Crippen LogP contribution in [0.1, 0.15) is 27.2 Å². The van der Waals surface area contributed by atoms with Gasteiger partial charge in [0, 0.05) is 20.5 Å². The topological polar surface area (TPSA) is 130 Å². The van der Waals surface area contributed by atoms with Crippen molar-refractivity contribution in [2.45, 2.75) is 57.9 Å². The van der Waals surface area contributed by atoms with E-state index >= 15 is 0 Å². The predicted molar refractivity (Wildman–Crippen MR) is 90.7 cm³/mol. The standard InChI is InChI=1S/C17H30O10/c1-4-5-22-6-7-23-8-9-24-17-15(21)14(20)16(26-12(3)19)13(27-17)10-25-11(2)18/h13-17,20-21H,4-10H2,1-3H3/t13?,14?,15-,16-,17+/m0/s1. The van der Waals surface area contributed by atoms with Crippen molar-refractivity contribution in [3.8, 4) is 0 Å². The van der Waals surface area contributed by atoms with Gasteiger partial charge in [-0.2, -0.15) is 0 Å². The van der Waals surface area contributed by atoms with Crippen molar-refractivity contribution >= 4 is 11.9 Å². The number of esters is 2. The molecule has 0 amide bonds. The van der Waals surface area contributed by atoms with E-state index < -0.39 is 42.6 Å². The summed E-state index contributed by atoms with van der Waals surface area (Å²) in [4.78, 5) is 22.3. The SMILES string of the molecule is CCCOCCOCCO[C@@H]1OC(COC(C)=O)[C@H](OC(C)=O)C(O)[C@@H]1O. The van der Waals surface area contributed by atoms with Crippen LogP contribution in [0, 0.1) is 0 Å². The van der Waals surface area contributed by atoms with Gasteiger partial charge in [0.25, 0.3) is 0 Å². The van der Waals surface area contributed by atoms with Crippen molar-refractivity contribution in [2.75, 3.05) is 39.6 Å². The Kier molecular flexibility index (Phi) is 11.4. The van der Waals surface area contributed by atoms with Crippen LogP contribution < -0.4 is 0 Å². The number of ether oxygens (including phenoxy) is 6. The molecule has 10 nitrogen and oxygen atoms in total. The molecule has 0 saturated carbocycles. The molecule has 1 fully saturated rings. The van der Waals surface area contributed by atoms with Gasteiger partial charge in [-0.25, -0.2) is 0 Å². The second kappa shape index (κ2) is 13.0. The fourth-order valence-corrected chi connectivity index (χ4v) is 2.40. The molecule has 27 heavy (non-hydrogen) atoms. The largest absolute Gasteiger partial charge is 0.463 e. The molecule has 0 aromatic rings. The van der Waals surface area contributed by atoms with E-state index in [2.05, 4.69) is 0 Å². The summed E-state index contributed by atoms with van der Waals surface area (Å²) in [6, 6.07) is 0. The third kappa shape index (κ3) is 8.96. The molecule has 0 bridgehead atoms. The Morgan fingerprint density at radius 2 is 1.56 bits per heavy atom. The summed E-state index contributed by atoms with van der Waals surface area (Å²) in [5.74, 6) is -1.22. The minimum Gasteiger partial charge on any atom is -0.463 e. The van der Waals surface area contributed by atoms with E-state index in [-0.39, 0.29) is 19.8 Å². The zero-order chi connectivity index (χ0) is 20.2. The third-order valence-electron chi connectivity index (χ3n) is 3.62. The lowest BCUT2D eigenvalue weighted by atomic mass is 9.99. The first-order valence-electron chi connectivity index (χ1n) is 8.96. The molecule has 0 aliphatic carbocycles. The lowest BCUT2D eigenvalue weighted by Gasteiger charge is -2.41. The summed E-state index contributed by atoms with van der Waals surface area (Å²) in [5, 5.41) is 20.4. The van der Waals surface area contributed by atoms with Gasteiger partial charge in [-0.15, -0.1) is 0 Å². The number of aliphatic hydroxyl groups is 2. The van der Waals surface area contributed by atoms with Gasteiger partial charge in [-0.1, -0.05) is 6.92 Å². The Labute approximate surface area is 158 Å². The van der Waals surface area contributed by atoms with Crippen molar-refractivity contribution < 1.29 is 48.2 Å². The van der Waals surface area contributed by atoms with Gasteiger partial charge in [0.2, 0.25) is 0 Å². The number of rotatable bonds is 12. The molecule has 158 valence electrons. The first-order valence-corrected chi connectivity index (χ1v) is 8.96. The fourth-order valence-electron chi connectivity index (χ4n) is 2.40. The second-order valence-corrected chi connectivity index (χ2v) is 6.00. The number of carbonyl (C=O) groups excluding carboxylic acids is 2. The minimum absolute atomic E-state index is 0.0980. The van der Waals surface area contributed by atoms with Gasteiger partial charge in [0.1, 0.15) is 24.9 Å². The molecule has 1 aliphatic heterocycles. The third-order valence-corrected chi connectivity index (χ3v) is 3.62. The van der Waals surface area contributed by atoms with Gasteiger partial charge >= 0.3 is 11.9 Å². The molecule has 1 heterocycles. The van der Waals surface area contributed by atoms with Gasteiger partial charge in [0.05, 0.1) is 26.4 Å². The Bertz CT molecular complexity index is 443. The molecular weight excluding hydrogens is 364 g/mol. The van der Waals surface area contributed by atoms with E-state index in [9.17, 15) is 19.8 Å². The average molecular weight is 394 g/mol. The van der Waals surface area contributed by atoms with E-state index in [0.717, 1.165) is 13.3 Å². The van der Waals surface area contributed by atoms with Crippen LogP contribution in [-0.4, -0.2) is 92.5 Å². The van der Waals surface area contributed by atoms with Crippen LogP contribution in [0.3, 0.4) is 0 Å². The molecular formula is C17H30O10. The lowest BCUT2D eigenvalue weighted by Crippen LogP contribution is -2.60. The molecule has 2 unspecified atom stereocenters. The van der Waals surface area contributed by atoms with Crippen LogP contribution >= 0.6 is 0 Å². The molecule has 0 spiro atoms. The van der Waals surface area contributed by atoms with Crippen LogP contribution in [-0.2, 0) is 38.0 Å². The van der Waals surface area contributed by atoms with E-state index in [4.69, 9.17) is 28.4 Å². The smallest absolute Gasteiger partial charge is 0.303 e. The molecule has 10 heteroatoms. The summed E-state index contributed by atoms with van der Waals surface area (Å²) in [5.41, 5.74) is 0. The molecule has 5 atom stereocenters. The lowest BCUT2D eigenvalue weighted by molar-refractivity contribution is -0.305. The maximum absolute atomic E-state index is 11.2. The second-order valence-electron chi connectivity index (χ2n) is 6.00. The number of carbonyl (C=O) groups is 2. The van der Waals surface area contributed by atoms with Crippen molar-refractivity contribution in [1.29, 1.82) is 0 Å². The normalized spacial score (nSPS) is 28.0. The van der Waals surface area contributed by atoms with Gasteiger partial charge in [0.15, 0.2) is 12.4 Å². The Morgan fingerprint density at radius 1 is 0.926 bits per heavy atom. The Morgan fingerprint density at radius 3 is 2.15 bits per heavy atom. The van der Waals surface area contributed by atoms with E-state index in [1.54, 1.807) is 0 Å².